The minimum Gasteiger partial charge on any atom is -0.307 e. The van der Waals surface area contributed by atoms with E-state index in [-0.39, 0.29) is 5.91 Å². The fraction of sp³-hybridized carbons (Fsp3) is 0.176. The Morgan fingerprint density at radius 2 is 2.00 bits per heavy atom. The Morgan fingerprint density at radius 1 is 1.14 bits per heavy atom. The smallest absolute Gasteiger partial charge is 0.241 e. The van der Waals surface area contributed by atoms with Crippen molar-refractivity contribution in [2.45, 2.75) is 13.1 Å². The molecule has 3 rings (SSSR count). The van der Waals surface area contributed by atoms with E-state index in [9.17, 15) is 4.79 Å². The monoisotopic (exact) mass is 277 g/mol. The lowest BCUT2D eigenvalue weighted by Gasteiger charge is -2.22. The third-order valence-corrected chi connectivity index (χ3v) is 3.57. The van der Waals surface area contributed by atoms with E-state index in [4.69, 9.17) is 5.26 Å². The van der Waals surface area contributed by atoms with Gasteiger partial charge in [-0.15, -0.1) is 0 Å². The van der Waals surface area contributed by atoms with Gasteiger partial charge in [-0.2, -0.15) is 5.26 Å². The predicted octanol–water partition coefficient (Wildman–Crippen LogP) is 2.19. The predicted molar refractivity (Wildman–Crippen MR) is 80.5 cm³/mol. The van der Waals surface area contributed by atoms with E-state index < -0.39 is 0 Å². The minimum atomic E-state index is 0.0438. The van der Waals surface area contributed by atoms with Crippen molar-refractivity contribution in [3.8, 4) is 6.07 Å². The summed E-state index contributed by atoms with van der Waals surface area (Å²) in [6.45, 7) is 1.50. The Kier molecular flexibility index (Phi) is 3.67. The zero-order valence-electron chi connectivity index (χ0n) is 11.5. The van der Waals surface area contributed by atoms with Gasteiger partial charge in [0.05, 0.1) is 24.7 Å². The molecule has 1 amide bonds. The molecule has 0 atom stereocenters. The van der Waals surface area contributed by atoms with Crippen LogP contribution in [0.25, 0.3) is 0 Å². The van der Waals surface area contributed by atoms with Gasteiger partial charge in [-0.1, -0.05) is 30.3 Å². The molecule has 0 aliphatic carbocycles. The zero-order valence-corrected chi connectivity index (χ0v) is 11.5. The van der Waals surface area contributed by atoms with Gasteiger partial charge in [0.1, 0.15) is 0 Å². The molecule has 0 fully saturated rings. The highest BCUT2D eigenvalue weighted by Crippen LogP contribution is 2.24. The average molecular weight is 277 g/mol. The number of nitrogens with zero attached hydrogens (tertiary/aromatic N) is 2. The van der Waals surface area contributed by atoms with Crippen LogP contribution in [-0.4, -0.2) is 12.5 Å². The summed E-state index contributed by atoms with van der Waals surface area (Å²) >= 11 is 0. The second kappa shape index (κ2) is 5.78. The molecule has 1 aliphatic heterocycles. The molecule has 0 saturated carbocycles. The van der Waals surface area contributed by atoms with Gasteiger partial charge >= 0.3 is 0 Å². The van der Waals surface area contributed by atoms with E-state index in [2.05, 4.69) is 11.4 Å². The maximum absolute atomic E-state index is 12.3. The summed E-state index contributed by atoms with van der Waals surface area (Å²) < 4.78 is 0. The molecule has 0 saturated heterocycles. The number of fused-ring (bicyclic) bond motifs is 1. The van der Waals surface area contributed by atoms with Crippen LogP contribution in [0.15, 0.2) is 48.5 Å². The summed E-state index contributed by atoms with van der Waals surface area (Å²) in [5.74, 6) is 0.0438. The number of anilines is 1. The number of hydrogen-bond acceptors (Lipinski definition) is 3. The highest BCUT2D eigenvalue weighted by molar-refractivity contribution is 5.96. The summed E-state index contributed by atoms with van der Waals surface area (Å²) in [6.07, 6.45) is 0. The summed E-state index contributed by atoms with van der Waals surface area (Å²) in [5.41, 5.74) is 3.62. The van der Waals surface area contributed by atoms with Crippen molar-refractivity contribution in [1.82, 2.24) is 5.32 Å². The Morgan fingerprint density at radius 3 is 2.86 bits per heavy atom. The summed E-state index contributed by atoms with van der Waals surface area (Å²) in [6, 6.07) is 17.4. The fourth-order valence-electron chi connectivity index (χ4n) is 2.55. The van der Waals surface area contributed by atoms with Gasteiger partial charge in [0.25, 0.3) is 0 Å². The minimum absolute atomic E-state index is 0.0438. The summed E-state index contributed by atoms with van der Waals surface area (Å²) in [5, 5.41) is 12.1. The molecule has 4 nitrogen and oxygen atoms in total. The number of benzene rings is 2. The van der Waals surface area contributed by atoms with E-state index in [0.717, 1.165) is 16.8 Å². The first-order chi connectivity index (χ1) is 10.3. The molecule has 21 heavy (non-hydrogen) atoms. The number of carbonyl (C=O) groups excluding carboxylic acids is 1. The number of nitriles is 1. The topological polar surface area (TPSA) is 56.1 Å². The Hall–Kier alpha value is -2.64. The van der Waals surface area contributed by atoms with E-state index in [1.54, 1.807) is 11.0 Å². The van der Waals surface area contributed by atoms with E-state index in [1.807, 2.05) is 42.5 Å². The number of carbonyl (C=O) groups is 1. The largest absolute Gasteiger partial charge is 0.307 e. The SMILES string of the molecule is N#Cc1cccc(CN2C(=O)CNCc3ccccc32)c1. The van der Waals surface area contributed by atoms with Crippen LogP contribution in [0.3, 0.4) is 0 Å². The van der Waals surface area contributed by atoms with Gasteiger partial charge in [0, 0.05) is 12.2 Å². The number of para-hydroxylation sites is 1. The van der Waals surface area contributed by atoms with Crippen LogP contribution in [0.1, 0.15) is 16.7 Å². The normalized spacial score (nSPS) is 14.2. The lowest BCUT2D eigenvalue weighted by molar-refractivity contribution is -0.117. The fourth-order valence-corrected chi connectivity index (χ4v) is 2.55. The van der Waals surface area contributed by atoms with Crippen LogP contribution in [0.2, 0.25) is 0 Å². The van der Waals surface area contributed by atoms with Gasteiger partial charge in [-0.25, -0.2) is 0 Å². The van der Waals surface area contributed by atoms with Crippen LogP contribution in [-0.2, 0) is 17.9 Å². The number of hydrogen-bond donors (Lipinski definition) is 1. The van der Waals surface area contributed by atoms with Crippen molar-refractivity contribution in [2.75, 3.05) is 11.4 Å². The standard InChI is InChI=1S/C17H15N3O/c18-9-13-4-3-5-14(8-13)12-20-16-7-2-1-6-15(16)10-19-11-17(20)21/h1-8,19H,10-12H2. The molecule has 2 aromatic carbocycles. The third-order valence-electron chi connectivity index (χ3n) is 3.57. The lowest BCUT2D eigenvalue weighted by Crippen LogP contribution is -2.35. The first-order valence-electron chi connectivity index (χ1n) is 6.86. The maximum Gasteiger partial charge on any atom is 0.241 e. The molecular formula is C17H15N3O. The van der Waals surface area contributed by atoms with Crippen LogP contribution >= 0.6 is 0 Å². The van der Waals surface area contributed by atoms with Crippen molar-refractivity contribution < 1.29 is 4.79 Å². The van der Waals surface area contributed by atoms with Crippen molar-refractivity contribution in [2.24, 2.45) is 0 Å². The maximum atomic E-state index is 12.3. The number of rotatable bonds is 2. The third kappa shape index (κ3) is 2.78. The van der Waals surface area contributed by atoms with Crippen LogP contribution < -0.4 is 10.2 Å². The molecule has 4 heteroatoms. The molecular weight excluding hydrogens is 262 g/mol. The first-order valence-corrected chi connectivity index (χ1v) is 6.86. The van der Waals surface area contributed by atoms with Crippen molar-refractivity contribution in [1.29, 1.82) is 5.26 Å². The van der Waals surface area contributed by atoms with Crippen LogP contribution in [0, 0.1) is 11.3 Å². The van der Waals surface area contributed by atoms with E-state index in [0.29, 0.717) is 25.2 Å². The zero-order chi connectivity index (χ0) is 14.7. The van der Waals surface area contributed by atoms with E-state index in [1.165, 1.54) is 0 Å². The van der Waals surface area contributed by atoms with Gasteiger partial charge < -0.3 is 10.2 Å². The molecule has 1 aliphatic rings. The quantitative estimate of drug-likeness (QED) is 0.915. The number of nitrogens with one attached hydrogen (secondary N) is 1. The van der Waals surface area contributed by atoms with Gasteiger partial charge in [0.2, 0.25) is 5.91 Å². The van der Waals surface area contributed by atoms with Gasteiger partial charge in [-0.3, -0.25) is 4.79 Å². The van der Waals surface area contributed by atoms with Gasteiger partial charge in [-0.05, 0) is 29.3 Å². The molecule has 0 aromatic heterocycles. The molecule has 1 heterocycles. The van der Waals surface area contributed by atoms with Crippen LogP contribution in [0.4, 0.5) is 5.69 Å². The molecule has 104 valence electrons. The van der Waals surface area contributed by atoms with Crippen molar-refractivity contribution in [3.05, 3.63) is 65.2 Å². The Labute approximate surface area is 123 Å². The molecule has 0 unspecified atom stereocenters. The second-order valence-corrected chi connectivity index (χ2v) is 5.02. The van der Waals surface area contributed by atoms with Crippen LogP contribution in [0.5, 0.6) is 0 Å². The summed E-state index contributed by atoms with van der Waals surface area (Å²) in [4.78, 5) is 14.1. The highest BCUT2D eigenvalue weighted by atomic mass is 16.2. The molecule has 0 spiro atoms. The lowest BCUT2D eigenvalue weighted by atomic mass is 10.1. The van der Waals surface area contributed by atoms with Gasteiger partial charge in [0.15, 0.2) is 0 Å². The molecule has 2 aromatic rings. The Bertz CT molecular complexity index is 718. The van der Waals surface area contributed by atoms with E-state index >= 15 is 0 Å². The van der Waals surface area contributed by atoms with Crippen molar-refractivity contribution in [3.63, 3.8) is 0 Å². The van der Waals surface area contributed by atoms with Crippen molar-refractivity contribution >= 4 is 11.6 Å². The average Bonchev–Trinajstić information content (AvgIpc) is 2.68. The summed E-state index contributed by atoms with van der Waals surface area (Å²) in [7, 11) is 0. The molecule has 0 bridgehead atoms. The number of amides is 1. The second-order valence-electron chi connectivity index (χ2n) is 5.02. The first kappa shape index (κ1) is 13.3. The molecule has 1 N–H and O–H groups in total. The molecule has 0 radical (unpaired) electrons. The highest BCUT2D eigenvalue weighted by Gasteiger charge is 2.21. The Balaban J connectivity index is 1.96.